The smallest absolute Gasteiger partial charge is 0.247 e. The lowest BCUT2D eigenvalue weighted by Crippen LogP contribution is -2.49. The summed E-state index contributed by atoms with van der Waals surface area (Å²) in [6.45, 7) is 5.80. The van der Waals surface area contributed by atoms with Crippen LogP contribution < -0.4 is 5.32 Å². The molecule has 130 valence electrons. The molecule has 0 aliphatic carbocycles. The molecule has 5 heteroatoms. The predicted octanol–water partition coefficient (Wildman–Crippen LogP) is 2.99. The number of rotatable bonds is 6. The first-order valence-electron chi connectivity index (χ1n) is 8.35. The Hall–Kier alpha value is -1.75. The summed E-state index contributed by atoms with van der Waals surface area (Å²) in [6.07, 6.45) is 3.42. The molecule has 0 bridgehead atoms. The van der Waals surface area contributed by atoms with Crippen LogP contribution in [0.5, 0.6) is 0 Å². The number of hydrogen-bond donors (Lipinski definition) is 1. The fourth-order valence-corrected chi connectivity index (χ4v) is 3.81. The van der Waals surface area contributed by atoms with E-state index in [1.807, 2.05) is 39.0 Å². The molecule has 1 aromatic rings. The van der Waals surface area contributed by atoms with Gasteiger partial charge < -0.3 is 10.2 Å². The number of carbonyl (C=O) groups excluding carboxylic acids is 2. The average Bonchev–Trinajstić information content (AvgIpc) is 3.03. The highest BCUT2D eigenvalue weighted by Gasteiger charge is 2.34. The molecule has 0 saturated carbocycles. The summed E-state index contributed by atoms with van der Waals surface area (Å²) in [5.74, 6) is 1.13. The maximum atomic E-state index is 12.5. The summed E-state index contributed by atoms with van der Waals surface area (Å²) in [7, 11) is 0. The van der Waals surface area contributed by atoms with Crippen LogP contribution in [0.4, 0.5) is 0 Å². The van der Waals surface area contributed by atoms with Crippen molar-refractivity contribution in [2.45, 2.75) is 45.7 Å². The van der Waals surface area contributed by atoms with Crippen molar-refractivity contribution in [3.05, 3.63) is 47.5 Å². The van der Waals surface area contributed by atoms with E-state index in [1.165, 1.54) is 5.56 Å². The van der Waals surface area contributed by atoms with Crippen LogP contribution in [0.25, 0.3) is 0 Å². The van der Waals surface area contributed by atoms with Crippen LogP contribution in [0.3, 0.4) is 0 Å². The van der Waals surface area contributed by atoms with Crippen molar-refractivity contribution in [2.24, 2.45) is 0 Å². The van der Waals surface area contributed by atoms with Crippen LogP contribution in [-0.2, 0) is 16.0 Å². The lowest BCUT2D eigenvalue weighted by atomic mass is 10.1. The minimum atomic E-state index is -0.364. The number of nitrogens with one attached hydrogen (secondary N) is 1. The predicted molar refractivity (Wildman–Crippen MR) is 99.8 cm³/mol. The highest BCUT2D eigenvalue weighted by molar-refractivity contribution is 7.99. The number of hydrogen-bond acceptors (Lipinski definition) is 3. The van der Waals surface area contributed by atoms with Gasteiger partial charge in [-0.2, -0.15) is 0 Å². The minimum Gasteiger partial charge on any atom is -0.352 e. The molecule has 2 atom stereocenters. The monoisotopic (exact) mass is 346 g/mol. The van der Waals surface area contributed by atoms with E-state index in [0.717, 1.165) is 18.4 Å². The minimum absolute atomic E-state index is 0.0453. The second-order valence-corrected chi connectivity index (χ2v) is 7.48. The van der Waals surface area contributed by atoms with Crippen molar-refractivity contribution >= 4 is 23.6 Å². The number of nitrogens with zero attached hydrogens (tertiary/aromatic N) is 1. The number of allylic oxidation sites excluding steroid dienone is 1. The van der Waals surface area contributed by atoms with Crippen LogP contribution in [0, 0.1) is 0 Å². The average molecular weight is 346 g/mol. The third-order valence-corrected chi connectivity index (χ3v) is 4.99. The summed E-state index contributed by atoms with van der Waals surface area (Å²) in [6, 6.07) is 9.98. The zero-order valence-corrected chi connectivity index (χ0v) is 15.4. The van der Waals surface area contributed by atoms with Crippen molar-refractivity contribution in [1.82, 2.24) is 10.2 Å². The van der Waals surface area contributed by atoms with Gasteiger partial charge in [-0.3, -0.25) is 9.59 Å². The van der Waals surface area contributed by atoms with Crippen LogP contribution in [0.2, 0.25) is 0 Å². The summed E-state index contributed by atoms with van der Waals surface area (Å²) < 4.78 is 0. The topological polar surface area (TPSA) is 49.4 Å². The van der Waals surface area contributed by atoms with Gasteiger partial charge in [0.15, 0.2) is 0 Å². The Balaban J connectivity index is 1.86. The maximum absolute atomic E-state index is 12.5. The van der Waals surface area contributed by atoms with Gasteiger partial charge in [0.05, 0.1) is 5.88 Å². The van der Waals surface area contributed by atoms with Crippen molar-refractivity contribution in [3.8, 4) is 0 Å². The van der Waals surface area contributed by atoms with Gasteiger partial charge in [0.25, 0.3) is 0 Å². The highest BCUT2D eigenvalue weighted by atomic mass is 32.2. The Morgan fingerprint density at radius 2 is 2.04 bits per heavy atom. The standard InChI is InChI=1S/C19H26N2O2S/c1-14(2)11-18(22)21-13-24-12-17(21)19(23)20-15(3)9-10-16-7-5-4-6-8-16/h4-8,11,15,17H,9-10,12-13H2,1-3H3,(H,20,23). The van der Waals surface area contributed by atoms with Gasteiger partial charge in [0, 0.05) is 17.9 Å². The molecule has 1 saturated heterocycles. The van der Waals surface area contributed by atoms with Crippen LogP contribution in [0.1, 0.15) is 32.8 Å². The molecule has 4 nitrogen and oxygen atoms in total. The molecule has 1 N–H and O–H groups in total. The van der Waals surface area contributed by atoms with E-state index in [-0.39, 0.29) is 23.9 Å². The van der Waals surface area contributed by atoms with E-state index in [1.54, 1.807) is 22.7 Å². The van der Waals surface area contributed by atoms with Gasteiger partial charge >= 0.3 is 0 Å². The Morgan fingerprint density at radius 1 is 1.33 bits per heavy atom. The van der Waals surface area contributed by atoms with Gasteiger partial charge in [-0.1, -0.05) is 35.9 Å². The maximum Gasteiger partial charge on any atom is 0.247 e. The lowest BCUT2D eigenvalue weighted by molar-refractivity contribution is -0.135. The van der Waals surface area contributed by atoms with Crippen molar-refractivity contribution < 1.29 is 9.59 Å². The fourth-order valence-electron chi connectivity index (χ4n) is 2.65. The summed E-state index contributed by atoms with van der Waals surface area (Å²) >= 11 is 1.63. The largest absolute Gasteiger partial charge is 0.352 e. The molecule has 2 amide bonds. The number of thioether (sulfide) groups is 1. The van der Waals surface area contributed by atoms with Crippen molar-refractivity contribution in [1.29, 1.82) is 0 Å². The molecular weight excluding hydrogens is 320 g/mol. The number of benzene rings is 1. The van der Waals surface area contributed by atoms with Crippen molar-refractivity contribution in [2.75, 3.05) is 11.6 Å². The molecule has 0 aromatic heterocycles. The van der Waals surface area contributed by atoms with Crippen LogP contribution in [0.15, 0.2) is 42.0 Å². The molecule has 0 spiro atoms. The second kappa shape index (κ2) is 8.92. The molecule has 1 aliphatic heterocycles. The summed E-state index contributed by atoms with van der Waals surface area (Å²) in [5.41, 5.74) is 2.22. The number of carbonyl (C=O) groups is 2. The van der Waals surface area contributed by atoms with Gasteiger partial charge in [0.1, 0.15) is 6.04 Å². The first-order chi connectivity index (χ1) is 11.5. The Morgan fingerprint density at radius 3 is 2.71 bits per heavy atom. The lowest BCUT2D eigenvalue weighted by Gasteiger charge is -2.24. The molecule has 24 heavy (non-hydrogen) atoms. The van der Waals surface area contributed by atoms with Gasteiger partial charge in [-0.25, -0.2) is 0 Å². The fraction of sp³-hybridized carbons (Fsp3) is 0.474. The highest BCUT2D eigenvalue weighted by Crippen LogP contribution is 2.22. The first-order valence-corrected chi connectivity index (χ1v) is 9.50. The quantitative estimate of drug-likeness (QED) is 0.806. The van der Waals surface area contributed by atoms with Gasteiger partial charge in [0.2, 0.25) is 11.8 Å². The van der Waals surface area contributed by atoms with E-state index in [0.29, 0.717) is 11.6 Å². The summed E-state index contributed by atoms with van der Waals surface area (Å²) in [4.78, 5) is 26.4. The number of aryl methyl sites for hydroxylation is 1. The molecule has 1 fully saturated rings. The van der Waals surface area contributed by atoms with E-state index in [2.05, 4.69) is 17.4 Å². The van der Waals surface area contributed by atoms with Crippen LogP contribution >= 0.6 is 11.8 Å². The zero-order chi connectivity index (χ0) is 17.5. The molecule has 1 aromatic carbocycles. The third kappa shape index (κ3) is 5.41. The van der Waals surface area contributed by atoms with E-state index in [9.17, 15) is 9.59 Å². The SMILES string of the molecule is CC(C)=CC(=O)N1CSCC1C(=O)NC(C)CCc1ccccc1. The molecule has 2 rings (SSSR count). The Kier molecular flexibility index (Phi) is 6.91. The molecule has 2 unspecified atom stereocenters. The first kappa shape index (κ1) is 18.6. The van der Waals surface area contributed by atoms with Gasteiger partial charge in [-0.05, 0) is 39.2 Å². The molecule has 1 heterocycles. The molecule has 1 aliphatic rings. The summed E-state index contributed by atoms with van der Waals surface area (Å²) in [5, 5.41) is 3.06. The second-order valence-electron chi connectivity index (χ2n) is 6.48. The van der Waals surface area contributed by atoms with Crippen molar-refractivity contribution in [3.63, 3.8) is 0 Å². The Bertz CT molecular complexity index is 597. The van der Waals surface area contributed by atoms with E-state index < -0.39 is 0 Å². The van der Waals surface area contributed by atoms with E-state index >= 15 is 0 Å². The van der Waals surface area contributed by atoms with Crippen LogP contribution in [-0.4, -0.2) is 40.4 Å². The number of amides is 2. The normalized spacial score (nSPS) is 18.1. The van der Waals surface area contributed by atoms with E-state index in [4.69, 9.17) is 0 Å². The third-order valence-electron chi connectivity index (χ3n) is 3.98. The molecular formula is C19H26N2O2S. The van der Waals surface area contributed by atoms with Gasteiger partial charge in [-0.15, -0.1) is 11.8 Å². The Labute approximate surface area is 148 Å². The zero-order valence-electron chi connectivity index (χ0n) is 14.6. The molecule has 0 radical (unpaired) electrons.